The van der Waals surface area contributed by atoms with E-state index in [0.29, 0.717) is 0 Å². The molecule has 2 rings (SSSR count). The van der Waals surface area contributed by atoms with Crippen molar-refractivity contribution in [3.63, 3.8) is 0 Å². The molecule has 0 bridgehead atoms. The van der Waals surface area contributed by atoms with Crippen molar-refractivity contribution in [1.82, 2.24) is 9.97 Å². The van der Waals surface area contributed by atoms with E-state index in [4.69, 9.17) is 0 Å². The molecule has 0 saturated carbocycles. The lowest BCUT2D eigenvalue weighted by atomic mass is 10.3. The summed E-state index contributed by atoms with van der Waals surface area (Å²) < 4.78 is 0.851. The van der Waals surface area contributed by atoms with Crippen LogP contribution in [0.2, 0.25) is 0 Å². The number of hydrogen-bond acceptors (Lipinski definition) is 3. The smallest absolute Gasteiger partial charge is 0.118 e. The molecule has 13 heavy (non-hydrogen) atoms. The van der Waals surface area contributed by atoms with Gasteiger partial charge in [-0.1, -0.05) is 0 Å². The highest BCUT2D eigenvalue weighted by Gasteiger charge is 2.05. The summed E-state index contributed by atoms with van der Waals surface area (Å²) in [6, 6.07) is 4.18. The van der Waals surface area contributed by atoms with Gasteiger partial charge in [-0.2, -0.15) is 0 Å². The third-order valence-corrected chi connectivity index (χ3v) is 3.34. The van der Waals surface area contributed by atoms with Gasteiger partial charge in [-0.15, -0.1) is 11.3 Å². The maximum Gasteiger partial charge on any atom is 0.118 e. The average Bonchev–Trinajstić information content (AvgIpc) is 2.53. The van der Waals surface area contributed by atoms with Gasteiger partial charge in [-0.25, -0.2) is 9.97 Å². The second-order valence-electron chi connectivity index (χ2n) is 2.64. The molecule has 0 unspecified atom stereocenters. The van der Waals surface area contributed by atoms with Crippen molar-refractivity contribution < 1.29 is 0 Å². The second-order valence-corrected chi connectivity index (χ2v) is 4.68. The Balaban J connectivity index is 2.52. The molecule has 0 radical (unpaired) electrons. The minimum absolute atomic E-state index is 0.851. The van der Waals surface area contributed by atoms with Crippen LogP contribution < -0.4 is 0 Å². The molecular weight excluding hydrogens is 248 g/mol. The van der Waals surface area contributed by atoms with Gasteiger partial charge in [0, 0.05) is 21.5 Å². The van der Waals surface area contributed by atoms with E-state index in [1.807, 2.05) is 6.20 Å². The summed E-state index contributed by atoms with van der Waals surface area (Å²) in [5.41, 5.74) is 1.06. The molecule has 0 atom stereocenters. The van der Waals surface area contributed by atoms with Gasteiger partial charge in [0.05, 0.1) is 0 Å². The number of rotatable bonds is 1. The second kappa shape index (κ2) is 3.55. The number of thiophene rings is 1. The Hall–Kier alpha value is -0.740. The summed E-state index contributed by atoms with van der Waals surface area (Å²) in [5, 5.41) is 0. The Morgan fingerprint density at radius 2 is 2.23 bits per heavy atom. The topological polar surface area (TPSA) is 25.8 Å². The highest BCUT2D eigenvalue weighted by atomic mass is 79.9. The van der Waals surface area contributed by atoms with Crippen LogP contribution in [0.3, 0.4) is 0 Å². The minimum Gasteiger partial charge on any atom is -0.244 e. The van der Waals surface area contributed by atoms with E-state index < -0.39 is 0 Å². The number of aromatic nitrogens is 2. The predicted octanol–water partition coefficient (Wildman–Crippen LogP) is 3.28. The fourth-order valence-electron chi connectivity index (χ4n) is 1.06. The zero-order chi connectivity index (χ0) is 9.26. The third kappa shape index (κ3) is 1.78. The van der Waals surface area contributed by atoms with Crippen molar-refractivity contribution in [2.75, 3.05) is 0 Å². The Morgan fingerprint density at radius 1 is 1.38 bits per heavy atom. The standard InChI is InChI=1S/C9H7BrN2S/c1-6-2-3-8(13-6)7-4-11-5-12-9(7)10/h2-5H,1H3. The van der Waals surface area contributed by atoms with Crippen LogP contribution in [0.1, 0.15) is 4.88 Å². The predicted molar refractivity (Wildman–Crippen MR) is 57.8 cm³/mol. The van der Waals surface area contributed by atoms with Gasteiger partial charge >= 0.3 is 0 Å². The number of hydrogen-bond donors (Lipinski definition) is 0. The summed E-state index contributed by atoms with van der Waals surface area (Å²) in [6.07, 6.45) is 3.36. The van der Waals surface area contributed by atoms with Crippen molar-refractivity contribution in [2.24, 2.45) is 0 Å². The molecular formula is C9H7BrN2S. The molecule has 0 saturated heterocycles. The van der Waals surface area contributed by atoms with Gasteiger partial charge in [0.1, 0.15) is 10.9 Å². The molecule has 0 spiro atoms. The van der Waals surface area contributed by atoms with Gasteiger partial charge in [0.2, 0.25) is 0 Å². The fraction of sp³-hybridized carbons (Fsp3) is 0.111. The number of halogens is 1. The summed E-state index contributed by atoms with van der Waals surface area (Å²) in [6.45, 7) is 2.09. The minimum atomic E-state index is 0.851. The number of aryl methyl sites for hydroxylation is 1. The van der Waals surface area contributed by atoms with Crippen LogP contribution in [0.5, 0.6) is 0 Å². The Labute approximate surface area is 88.8 Å². The summed E-state index contributed by atoms with van der Waals surface area (Å²) in [7, 11) is 0. The third-order valence-electron chi connectivity index (χ3n) is 1.67. The molecule has 0 aliphatic rings. The zero-order valence-electron chi connectivity index (χ0n) is 6.99. The van der Waals surface area contributed by atoms with Gasteiger partial charge in [0.25, 0.3) is 0 Å². The Morgan fingerprint density at radius 3 is 2.85 bits per heavy atom. The lowest BCUT2D eigenvalue weighted by Gasteiger charge is -1.97. The summed E-state index contributed by atoms with van der Waals surface area (Å²) in [5.74, 6) is 0. The van der Waals surface area contributed by atoms with E-state index in [-0.39, 0.29) is 0 Å². The van der Waals surface area contributed by atoms with Crippen LogP contribution in [0.4, 0.5) is 0 Å². The molecule has 2 heterocycles. The normalized spacial score (nSPS) is 10.3. The maximum absolute atomic E-state index is 4.08. The van der Waals surface area contributed by atoms with Crippen molar-refractivity contribution in [2.45, 2.75) is 6.92 Å². The van der Waals surface area contributed by atoms with E-state index in [9.17, 15) is 0 Å². The zero-order valence-corrected chi connectivity index (χ0v) is 9.39. The first-order chi connectivity index (χ1) is 6.27. The highest BCUT2D eigenvalue weighted by molar-refractivity contribution is 9.10. The van der Waals surface area contributed by atoms with Gasteiger partial charge in [-0.3, -0.25) is 0 Å². The van der Waals surface area contributed by atoms with Crippen LogP contribution in [-0.4, -0.2) is 9.97 Å². The average molecular weight is 255 g/mol. The maximum atomic E-state index is 4.08. The number of nitrogens with zero attached hydrogens (tertiary/aromatic N) is 2. The SMILES string of the molecule is Cc1ccc(-c2cncnc2Br)s1. The molecule has 0 aromatic carbocycles. The van der Waals surface area contributed by atoms with Gasteiger partial charge in [0.15, 0.2) is 0 Å². The lowest BCUT2D eigenvalue weighted by Crippen LogP contribution is -1.82. The van der Waals surface area contributed by atoms with E-state index in [0.717, 1.165) is 10.2 Å². The first-order valence-corrected chi connectivity index (χ1v) is 5.40. The Bertz CT molecular complexity index is 425. The van der Waals surface area contributed by atoms with Crippen molar-refractivity contribution in [3.05, 3.63) is 34.1 Å². The van der Waals surface area contributed by atoms with Crippen molar-refractivity contribution >= 4 is 27.3 Å². The molecule has 66 valence electrons. The molecule has 0 amide bonds. The summed E-state index contributed by atoms with van der Waals surface area (Å²) >= 11 is 5.14. The summed E-state index contributed by atoms with van der Waals surface area (Å²) in [4.78, 5) is 10.6. The van der Waals surface area contributed by atoms with Crippen LogP contribution in [0, 0.1) is 6.92 Å². The van der Waals surface area contributed by atoms with E-state index >= 15 is 0 Å². The Kier molecular flexibility index (Phi) is 2.42. The molecule has 0 fully saturated rings. The molecule has 0 N–H and O–H groups in total. The molecule has 0 aliphatic heterocycles. The van der Waals surface area contributed by atoms with Crippen LogP contribution >= 0.6 is 27.3 Å². The molecule has 2 aromatic rings. The quantitative estimate of drug-likeness (QED) is 0.731. The van der Waals surface area contributed by atoms with Crippen molar-refractivity contribution in [3.8, 4) is 10.4 Å². The van der Waals surface area contributed by atoms with Gasteiger partial charge < -0.3 is 0 Å². The lowest BCUT2D eigenvalue weighted by molar-refractivity contribution is 1.14. The van der Waals surface area contributed by atoms with E-state index in [2.05, 4.69) is 45.0 Å². The van der Waals surface area contributed by atoms with E-state index in [1.54, 1.807) is 11.3 Å². The molecule has 0 aliphatic carbocycles. The highest BCUT2D eigenvalue weighted by Crippen LogP contribution is 2.31. The van der Waals surface area contributed by atoms with Gasteiger partial charge in [-0.05, 0) is 35.0 Å². The molecule has 2 aromatic heterocycles. The monoisotopic (exact) mass is 254 g/mol. The molecule has 2 nitrogen and oxygen atoms in total. The van der Waals surface area contributed by atoms with Crippen LogP contribution in [0.15, 0.2) is 29.3 Å². The first kappa shape index (κ1) is 8.84. The first-order valence-electron chi connectivity index (χ1n) is 3.79. The van der Waals surface area contributed by atoms with Crippen LogP contribution in [-0.2, 0) is 0 Å². The van der Waals surface area contributed by atoms with Crippen molar-refractivity contribution in [1.29, 1.82) is 0 Å². The largest absolute Gasteiger partial charge is 0.244 e. The van der Waals surface area contributed by atoms with E-state index in [1.165, 1.54) is 16.1 Å². The van der Waals surface area contributed by atoms with Crippen LogP contribution in [0.25, 0.3) is 10.4 Å². The molecule has 4 heteroatoms. The fourth-order valence-corrected chi connectivity index (χ4v) is 2.48.